The van der Waals surface area contributed by atoms with Crippen LogP contribution in [0.25, 0.3) is 16.6 Å². The highest BCUT2D eigenvalue weighted by molar-refractivity contribution is 9.10. The third-order valence-corrected chi connectivity index (χ3v) is 4.31. The molecule has 4 rings (SSSR count). The molecule has 2 aromatic carbocycles. The van der Waals surface area contributed by atoms with E-state index in [0.717, 1.165) is 38.1 Å². The number of hydrogen-bond acceptors (Lipinski definition) is 3. The molecule has 0 bridgehead atoms. The number of hydrogen-bond donors (Lipinski definition) is 1. The first-order chi connectivity index (χ1) is 11.7. The van der Waals surface area contributed by atoms with Gasteiger partial charge in [0.2, 0.25) is 0 Å². The maximum atomic E-state index is 4.59. The number of fused-ring (bicyclic) bond motifs is 1. The standard InChI is InChI=1S/C19H15BrN4/c1-13-11-19(17-12-14(20)3-8-18(17)22-13)23-15-4-6-16(7-5-15)24-10-2-9-21-24/h2-12H,1H3,(H,22,23). The lowest BCUT2D eigenvalue weighted by Crippen LogP contribution is -1.97. The van der Waals surface area contributed by atoms with E-state index >= 15 is 0 Å². The lowest BCUT2D eigenvalue weighted by molar-refractivity contribution is 0.881. The van der Waals surface area contributed by atoms with Crippen LogP contribution in [0.3, 0.4) is 0 Å². The van der Waals surface area contributed by atoms with E-state index < -0.39 is 0 Å². The topological polar surface area (TPSA) is 42.7 Å². The Morgan fingerprint density at radius 1 is 1.04 bits per heavy atom. The summed E-state index contributed by atoms with van der Waals surface area (Å²) in [6.45, 7) is 2.01. The van der Waals surface area contributed by atoms with Crippen LogP contribution in [0.4, 0.5) is 11.4 Å². The van der Waals surface area contributed by atoms with Crippen molar-refractivity contribution in [2.75, 3.05) is 5.32 Å². The zero-order valence-corrected chi connectivity index (χ0v) is 14.7. The summed E-state index contributed by atoms with van der Waals surface area (Å²) in [4.78, 5) is 4.59. The van der Waals surface area contributed by atoms with Crippen LogP contribution >= 0.6 is 15.9 Å². The molecule has 0 fully saturated rings. The molecule has 1 N–H and O–H groups in total. The summed E-state index contributed by atoms with van der Waals surface area (Å²) < 4.78 is 2.88. The molecule has 2 aromatic heterocycles. The lowest BCUT2D eigenvalue weighted by Gasteiger charge is -2.12. The Bertz CT molecular complexity index is 992. The van der Waals surface area contributed by atoms with Gasteiger partial charge in [0.05, 0.1) is 11.2 Å². The molecule has 0 aliphatic rings. The van der Waals surface area contributed by atoms with Crippen LogP contribution in [-0.2, 0) is 0 Å². The Morgan fingerprint density at radius 3 is 2.62 bits per heavy atom. The molecule has 0 amide bonds. The number of anilines is 2. The number of halogens is 1. The van der Waals surface area contributed by atoms with E-state index in [2.05, 4.69) is 55.6 Å². The van der Waals surface area contributed by atoms with E-state index in [-0.39, 0.29) is 0 Å². The third-order valence-electron chi connectivity index (χ3n) is 3.81. The van der Waals surface area contributed by atoms with Crippen molar-refractivity contribution in [2.24, 2.45) is 0 Å². The summed E-state index contributed by atoms with van der Waals surface area (Å²) in [7, 11) is 0. The number of rotatable bonds is 3. The molecule has 0 spiro atoms. The van der Waals surface area contributed by atoms with Gasteiger partial charge in [-0.3, -0.25) is 4.98 Å². The van der Waals surface area contributed by atoms with Crippen molar-refractivity contribution in [2.45, 2.75) is 6.92 Å². The van der Waals surface area contributed by atoms with Crippen LogP contribution < -0.4 is 5.32 Å². The van der Waals surface area contributed by atoms with Gasteiger partial charge >= 0.3 is 0 Å². The van der Waals surface area contributed by atoms with E-state index in [1.54, 1.807) is 6.20 Å². The highest BCUT2D eigenvalue weighted by atomic mass is 79.9. The smallest absolute Gasteiger partial charge is 0.0726 e. The Kier molecular flexibility index (Phi) is 3.78. The van der Waals surface area contributed by atoms with E-state index in [1.807, 2.05) is 48.1 Å². The zero-order valence-electron chi connectivity index (χ0n) is 13.1. The normalized spacial score (nSPS) is 10.9. The van der Waals surface area contributed by atoms with Crippen molar-refractivity contribution >= 4 is 38.2 Å². The first-order valence-electron chi connectivity index (χ1n) is 7.63. The van der Waals surface area contributed by atoms with E-state index in [0.29, 0.717) is 0 Å². The van der Waals surface area contributed by atoms with Crippen molar-refractivity contribution < 1.29 is 0 Å². The van der Waals surface area contributed by atoms with Crippen LogP contribution in [0.5, 0.6) is 0 Å². The molecule has 4 nitrogen and oxygen atoms in total. The molecule has 0 saturated heterocycles. The molecule has 0 aliphatic heterocycles. The molecule has 0 radical (unpaired) electrons. The Hall–Kier alpha value is -2.66. The number of pyridine rings is 1. The summed E-state index contributed by atoms with van der Waals surface area (Å²) in [5.41, 5.74) is 5.07. The average molecular weight is 379 g/mol. The van der Waals surface area contributed by atoms with Gasteiger partial charge in [-0.05, 0) is 61.5 Å². The molecule has 0 atom stereocenters. The molecule has 2 heterocycles. The van der Waals surface area contributed by atoms with Gasteiger partial charge in [0.25, 0.3) is 0 Å². The van der Waals surface area contributed by atoms with Gasteiger partial charge in [-0.15, -0.1) is 0 Å². The molecule has 24 heavy (non-hydrogen) atoms. The molecular formula is C19H15BrN4. The molecule has 0 unspecified atom stereocenters. The highest BCUT2D eigenvalue weighted by Crippen LogP contribution is 2.29. The van der Waals surface area contributed by atoms with Gasteiger partial charge < -0.3 is 5.32 Å². The summed E-state index contributed by atoms with van der Waals surface area (Å²) >= 11 is 3.54. The van der Waals surface area contributed by atoms with Crippen molar-refractivity contribution in [3.05, 3.63) is 77.2 Å². The maximum Gasteiger partial charge on any atom is 0.0726 e. The lowest BCUT2D eigenvalue weighted by atomic mass is 10.1. The molecular weight excluding hydrogens is 364 g/mol. The maximum absolute atomic E-state index is 4.59. The fourth-order valence-corrected chi connectivity index (χ4v) is 3.07. The summed E-state index contributed by atoms with van der Waals surface area (Å²) in [6.07, 6.45) is 3.70. The van der Waals surface area contributed by atoms with Gasteiger partial charge in [-0.25, -0.2) is 4.68 Å². The van der Waals surface area contributed by atoms with E-state index in [1.165, 1.54) is 0 Å². The van der Waals surface area contributed by atoms with E-state index in [9.17, 15) is 0 Å². The third kappa shape index (κ3) is 2.90. The van der Waals surface area contributed by atoms with Crippen molar-refractivity contribution in [3.8, 4) is 5.69 Å². The fourth-order valence-electron chi connectivity index (χ4n) is 2.71. The molecule has 118 valence electrons. The minimum absolute atomic E-state index is 0.980. The fraction of sp³-hybridized carbons (Fsp3) is 0.0526. The number of aromatic nitrogens is 3. The molecule has 0 saturated carbocycles. The second-order valence-electron chi connectivity index (χ2n) is 5.60. The first-order valence-corrected chi connectivity index (χ1v) is 8.42. The Morgan fingerprint density at radius 2 is 1.88 bits per heavy atom. The van der Waals surface area contributed by atoms with Gasteiger partial charge in [-0.1, -0.05) is 15.9 Å². The minimum Gasteiger partial charge on any atom is -0.355 e. The van der Waals surface area contributed by atoms with Crippen molar-refractivity contribution in [1.29, 1.82) is 0 Å². The second-order valence-corrected chi connectivity index (χ2v) is 6.51. The largest absolute Gasteiger partial charge is 0.355 e. The van der Waals surface area contributed by atoms with Crippen LogP contribution in [0.1, 0.15) is 5.69 Å². The van der Waals surface area contributed by atoms with Crippen LogP contribution in [0.15, 0.2) is 71.5 Å². The summed E-state index contributed by atoms with van der Waals surface area (Å²) in [5.74, 6) is 0. The number of nitrogens with one attached hydrogen (secondary N) is 1. The second kappa shape index (κ2) is 6.09. The highest BCUT2D eigenvalue weighted by Gasteiger charge is 2.06. The minimum atomic E-state index is 0.980. The van der Waals surface area contributed by atoms with Crippen LogP contribution in [-0.4, -0.2) is 14.8 Å². The Balaban J connectivity index is 1.70. The van der Waals surface area contributed by atoms with Gasteiger partial charge in [0, 0.05) is 39.3 Å². The van der Waals surface area contributed by atoms with Crippen LogP contribution in [0, 0.1) is 6.92 Å². The van der Waals surface area contributed by atoms with Gasteiger partial charge in [0.1, 0.15) is 0 Å². The van der Waals surface area contributed by atoms with Gasteiger partial charge in [0.15, 0.2) is 0 Å². The molecule has 4 aromatic rings. The first kappa shape index (κ1) is 14.9. The number of nitrogens with zero attached hydrogens (tertiary/aromatic N) is 3. The Labute approximate surface area is 148 Å². The number of aryl methyl sites for hydroxylation is 1. The molecule has 0 aliphatic carbocycles. The SMILES string of the molecule is Cc1cc(Nc2ccc(-n3cccn3)cc2)c2cc(Br)ccc2n1. The average Bonchev–Trinajstić information content (AvgIpc) is 3.11. The summed E-state index contributed by atoms with van der Waals surface area (Å²) in [6, 6.07) is 18.3. The quantitative estimate of drug-likeness (QED) is 0.530. The number of benzene rings is 2. The predicted molar refractivity (Wildman–Crippen MR) is 101 cm³/mol. The van der Waals surface area contributed by atoms with Gasteiger partial charge in [-0.2, -0.15) is 5.10 Å². The van der Waals surface area contributed by atoms with E-state index in [4.69, 9.17) is 0 Å². The van der Waals surface area contributed by atoms with Crippen molar-refractivity contribution in [3.63, 3.8) is 0 Å². The monoisotopic (exact) mass is 378 g/mol. The van der Waals surface area contributed by atoms with Crippen LogP contribution in [0.2, 0.25) is 0 Å². The van der Waals surface area contributed by atoms with Crippen molar-refractivity contribution in [1.82, 2.24) is 14.8 Å². The summed E-state index contributed by atoms with van der Waals surface area (Å²) in [5, 5.41) is 8.83. The molecule has 5 heteroatoms. The zero-order chi connectivity index (χ0) is 16.5. The predicted octanol–water partition coefficient (Wildman–Crippen LogP) is 5.24.